The van der Waals surface area contributed by atoms with Gasteiger partial charge >= 0.3 is 0 Å². The van der Waals surface area contributed by atoms with Crippen LogP contribution in [0.2, 0.25) is 0 Å². The molecule has 13 rings (SSSR count). The number of rotatable bonds is 6. The summed E-state index contributed by atoms with van der Waals surface area (Å²) in [5.74, 6) is 0. The highest BCUT2D eigenvalue weighted by Crippen LogP contribution is 2.64. The molecule has 0 amide bonds. The second-order valence-corrected chi connectivity index (χ2v) is 22.2. The van der Waals surface area contributed by atoms with Crippen molar-refractivity contribution >= 4 is 78.0 Å². The monoisotopic (exact) mass is 936 g/mol. The molecule has 0 saturated carbocycles. The van der Waals surface area contributed by atoms with E-state index in [1.54, 1.807) is 0 Å². The Morgan fingerprint density at radius 2 is 0.667 bits per heavy atom. The number of fused-ring (bicyclic) bond motifs is 15. The summed E-state index contributed by atoms with van der Waals surface area (Å²) >= 11 is 0. The van der Waals surface area contributed by atoms with Crippen molar-refractivity contribution in [2.24, 2.45) is 0 Å². The molecule has 0 fully saturated rings. The third-order valence-electron chi connectivity index (χ3n) is 16.5. The average molecular weight is 937 g/mol. The van der Waals surface area contributed by atoms with E-state index in [1.165, 1.54) is 89.0 Å². The third kappa shape index (κ3) is 6.11. The fraction of sp³-hybridized carbons (Fsp3) is 0.206. The summed E-state index contributed by atoms with van der Waals surface area (Å²) in [5.41, 5.74) is 29.6. The molecule has 2 aliphatic rings. The number of aryl methyl sites for hydroxylation is 8. The first-order chi connectivity index (χ1) is 34.5. The van der Waals surface area contributed by atoms with Crippen molar-refractivity contribution in [3.05, 3.63) is 212 Å². The number of hydrogen-bond donors (Lipinski definition) is 0. The zero-order valence-electron chi connectivity index (χ0n) is 43.6. The Hall–Kier alpha value is -7.82. The molecule has 2 aromatic heterocycles. The topological polar surface area (TPSA) is 32.8 Å². The summed E-state index contributed by atoms with van der Waals surface area (Å²) < 4.78 is 14.5. The van der Waals surface area contributed by atoms with E-state index in [1.807, 2.05) is 0 Å². The van der Waals surface area contributed by atoms with Gasteiger partial charge in [0.05, 0.1) is 22.1 Å². The largest absolute Gasteiger partial charge is 0.455 e. The Morgan fingerprint density at radius 1 is 0.347 bits per heavy atom. The standard InChI is InChI=1S/C68H60N2O2/c1-37-21-27-51(41(5)31-37)69(52-28-22-38(2)32-42(52)6)55-35-49-59(65-61(55)45-17-13-15-19-57(45)71-65)47-25-26-48-60-50(68(11,12)64(48)63(47)67(49,9)10)36-56(62-46-18-14-16-20-58(46)72-66(60)62)70(53-29-23-39(3)33-43(53)7)54-30-24-40(4)34-44(54)8/h13-36H,1-12H3. The van der Waals surface area contributed by atoms with Crippen molar-refractivity contribution < 1.29 is 8.83 Å². The highest BCUT2D eigenvalue weighted by Gasteiger charge is 2.49. The van der Waals surface area contributed by atoms with E-state index in [0.29, 0.717) is 0 Å². The fourth-order valence-corrected chi connectivity index (χ4v) is 13.2. The van der Waals surface area contributed by atoms with Crippen LogP contribution >= 0.6 is 0 Å². The second kappa shape index (κ2) is 15.3. The first-order valence-corrected chi connectivity index (χ1v) is 25.6. The molecule has 0 unspecified atom stereocenters. The quantitative estimate of drug-likeness (QED) is 0.166. The van der Waals surface area contributed by atoms with E-state index in [0.717, 1.165) is 78.0 Å². The van der Waals surface area contributed by atoms with Gasteiger partial charge in [-0.05, 0) is 160 Å². The number of para-hydroxylation sites is 2. The van der Waals surface area contributed by atoms with Crippen LogP contribution < -0.4 is 9.80 Å². The molecule has 4 nitrogen and oxygen atoms in total. The van der Waals surface area contributed by atoms with E-state index in [9.17, 15) is 0 Å². The van der Waals surface area contributed by atoms with E-state index in [-0.39, 0.29) is 0 Å². The second-order valence-electron chi connectivity index (χ2n) is 22.2. The molecule has 354 valence electrons. The van der Waals surface area contributed by atoms with Crippen LogP contribution in [0.5, 0.6) is 0 Å². The Morgan fingerprint density at radius 3 is 0.986 bits per heavy atom. The van der Waals surface area contributed by atoms with Crippen molar-refractivity contribution in [1.29, 1.82) is 0 Å². The first kappa shape index (κ1) is 44.1. The van der Waals surface area contributed by atoms with Gasteiger partial charge in [-0.3, -0.25) is 0 Å². The molecule has 0 spiro atoms. The van der Waals surface area contributed by atoms with Gasteiger partial charge in [-0.2, -0.15) is 0 Å². The van der Waals surface area contributed by atoms with Crippen molar-refractivity contribution in [2.45, 2.75) is 93.9 Å². The van der Waals surface area contributed by atoms with Crippen LogP contribution in [0.4, 0.5) is 34.1 Å². The number of nitrogens with zero attached hydrogens (tertiary/aromatic N) is 2. The molecule has 0 saturated heterocycles. The zero-order chi connectivity index (χ0) is 49.9. The summed E-state index contributed by atoms with van der Waals surface area (Å²) in [4.78, 5) is 5.02. The van der Waals surface area contributed by atoms with Crippen LogP contribution in [0.3, 0.4) is 0 Å². The van der Waals surface area contributed by atoms with Crippen LogP contribution in [0.25, 0.3) is 66.1 Å². The fourth-order valence-electron chi connectivity index (χ4n) is 13.2. The molecule has 2 aliphatic carbocycles. The zero-order valence-corrected chi connectivity index (χ0v) is 43.6. The van der Waals surface area contributed by atoms with Crippen molar-refractivity contribution in [1.82, 2.24) is 0 Å². The molecule has 0 bridgehead atoms. The molecule has 0 atom stereocenters. The molecule has 2 heterocycles. The predicted octanol–water partition coefficient (Wildman–Crippen LogP) is 19.5. The number of hydrogen-bond acceptors (Lipinski definition) is 4. The smallest absolute Gasteiger partial charge is 0.145 e. The van der Waals surface area contributed by atoms with Gasteiger partial charge in [0.15, 0.2) is 0 Å². The van der Waals surface area contributed by atoms with E-state index in [4.69, 9.17) is 8.83 Å². The maximum Gasteiger partial charge on any atom is 0.145 e. The summed E-state index contributed by atoms with van der Waals surface area (Å²) in [6.45, 7) is 27.5. The summed E-state index contributed by atoms with van der Waals surface area (Å²) in [6, 6.07) is 54.4. The predicted molar refractivity (Wildman–Crippen MR) is 303 cm³/mol. The highest BCUT2D eigenvalue weighted by atomic mass is 16.3. The molecule has 72 heavy (non-hydrogen) atoms. The van der Waals surface area contributed by atoms with Gasteiger partial charge in [-0.1, -0.05) is 147 Å². The van der Waals surface area contributed by atoms with Crippen LogP contribution in [-0.4, -0.2) is 0 Å². The Kier molecular flexibility index (Phi) is 9.41. The summed E-state index contributed by atoms with van der Waals surface area (Å²) in [7, 11) is 0. The van der Waals surface area contributed by atoms with Crippen LogP contribution in [0, 0.1) is 55.4 Å². The molecular weight excluding hydrogens is 877 g/mol. The van der Waals surface area contributed by atoms with Crippen molar-refractivity contribution in [2.75, 3.05) is 9.80 Å². The summed E-state index contributed by atoms with van der Waals surface area (Å²) in [5, 5.41) is 4.48. The van der Waals surface area contributed by atoms with E-state index < -0.39 is 10.8 Å². The molecule has 0 radical (unpaired) electrons. The molecule has 11 aromatic rings. The van der Waals surface area contributed by atoms with Crippen LogP contribution in [0.15, 0.2) is 154 Å². The lowest BCUT2D eigenvalue weighted by Gasteiger charge is -2.33. The molecule has 4 heteroatoms. The first-order valence-electron chi connectivity index (χ1n) is 25.6. The maximum atomic E-state index is 7.24. The number of benzene rings is 9. The maximum absolute atomic E-state index is 7.24. The SMILES string of the molecule is Cc1ccc(N(c2ccc(C)cc2C)c2cc3c(c4oc5ccccc5c24)-c2ccc4c(c2C3(C)C)C(C)(C)c2cc(N(c3ccc(C)cc3C)c3ccc(C)cc3C)c3c(oc5ccccc53)c2-4)c(C)c1. The Bertz CT molecular complexity index is 3780. The van der Waals surface area contributed by atoms with Gasteiger partial charge in [0.2, 0.25) is 0 Å². The van der Waals surface area contributed by atoms with E-state index in [2.05, 4.69) is 238 Å². The molecule has 9 aromatic carbocycles. The van der Waals surface area contributed by atoms with Crippen molar-refractivity contribution in [3.63, 3.8) is 0 Å². The Labute approximate surface area is 423 Å². The lowest BCUT2D eigenvalue weighted by Crippen LogP contribution is -2.24. The van der Waals surface area contributed by atoms with Gasteiger partial charge < -0.3 is 18.6 Å². The molecule has 0 N–H and O–H groups in total. The lowest BCUT2D eigenvalue weighted by molar-refractivity contribution is 0.600. The Balaban J connectivity index is 1.10. The van der Waals surface area contributed by atoms with Gasteiger partial charge in [0.1, 0.15) is 22.3 Å². The van der Waals surface area contributed by atoms with Gasteiger partial charge in [-0.25, -0.2) is 0 Å². The minimum Gasteiger partial charge on any atom is -0.455 e. The molecular formula is C68H60N2O2. The minimum atomic E-state index is -0.423. The van der Waals surface area contributed by atoms with E-state index >= 15 is 0 Å². The van der Waals surface area contributed by atoms with Crippen molar-refractivity contribution in [3.8, 4) is 22.3 Å². The normalized spacial score (nSPS) is 14.1. The number of furan rings is 2. The van der Waals surface area contributed by atoms with Gasteiger partial charge in [-0.15, -0.1) is 0 Å². The molecule has 0 aliphatic heterocycles. The van der Waals surface area contributed by atoms with Crippen LogP contribution in [0.1, 0.15) is 94.5 Å². The third-order valence-corrected chi connectivity index (χ3v) is 16.5. The van der Waals surface area contributed by atoms with Crippen LogP contribution in [-0.2, 0) is 10.8 Å². The lowest BCUT2D eigenvalue weighted by atomic mass is 9.72. The highest BCUT2D eigenvalue weighted by molar-refractivity contribution is 6.21. The van der Waals surface area contributed by atoms with Gasteiger partial charge in [0.25, 0.3) is 0 Å². The summed E-state index contributed by atoms with van der Waals surface area (Å²) in [6.07, 6.45) is 0. The minimum absolute atomic E-state index is 0.423. The van der Waals surface area contributed by atoms with Gasteiger partial charge in [0, 0.05) is 55.5 Å². The number of anilines is 6. The average Bonchev–Trinajstić information content (AvgIpc) is 4.04.